The van der Waals surface area contributed by atoms with Crippen LogP contribution in [0, 0.1) is 0 Å². The highest BCUT2D eigenvalue weighted by Gasteiger charge is 2.35. The number of anilines is 1. The Morgan fingerprint density at radius 2 is 1.54 bits per heavy atom. The zero-order chi connectivity index (χ0) is 16.3. The van der Waals surface area contributed by atoms with Gasteiger partial charge < -0.3 is 16.0 Å². The molecule has 0 bridgehead atoms. The number of amides is 2. The topological polar surface area (TPSA) is 75.4 Å². The third-order valence-electron chi connectivity index (χ3n) is 4.98. The summed E-state index contributed by atoms with van der Waals surface area (Å²) in [6, 6.07) is 7.13. The molecule has 1 saturated carbocycles. The van der Waals surface area contributed by atoms with Gasteiger partial charge in [0.05, 0.1) is 5.54 Å². The molecule has 6 heteroatoms. The Labute approximate surface area is 149 Å². The maximum absolute atomic E-state index is 12.4. The summed E-state index contributed by atoms with van der Waals surface area (Å²) in [5.41, 5.74) is 6.86. The van der Waals surface area contributed by atoms with E-state index in [0.29, 0.717) is 11.3 Å². The fourth-order valence-electron chi connectivity index (χ4n) is 3.46. The van der Waals surface area contributed by atoms with Gasteiger partial charge in [-0.15, -0.1) is 12.4 Å². The molecule has 0 unspecified atom stereocenters. The fraction of sp³-hybridized carbons (Fsp3) is 0.556. The molecule has 1 heterocycles. The SMILES string of the molecule is Cl.NC1(C(=O)Nc2ccc(C(=O)N3CCCC3)cc2)CCCCC1. The van der Waals surface area contributed by atoms with Crippen molar-refractivity contribution in [3.63, 3.8) is 0 Å². The Bertz CT molecular complexity index is 576. The van der Waals surface area contributed by atoms with Crippen LogP contribution in [0.4, 0.5) is 5.69 Å². The third kappa shape index (κ3) is 4.08. The Hall–Kier alpha value is -1.59. The summed E-state index contributed by atoms with van der Waals surface area (Å²) in [6.45, 7) is 1.68. The molecule has 0 atom stereocenters. The Morgan fingerprint density at radius 1 is 0.958 bits per heavy atom. The predicted molar refractivity (Wildman–Crippen MR) is 97.5 cm³/mol. The summed E-state index contributed by atoms with van der Waals surface area (Å²) in [5, 5.41) is 2.90. The van der Waals surface area contributed by atoms with E-state index < -0.39 is 5.54 Å². The van der Waals surface area contributed by atoms with Crippen LogP contribution in [0.5, 0.6) is 0 Å². The van der Waals surface area contributed by atoms with Gasteiger partial charge >= 0.3 is 0 Å². The number of carbonyl (C=O) groups is 2. The van der Waals surface area contributed by atoms with E-state index in [9.17, 15) is 9.59 Å². The van der Waals surface area contributed by atoms with Gasteiger partial charge in [-0.2, -0.15) is 0 Å². The number of benzene rings is 1. The summed E-state index contributed by atoms with van der Waals surface area (Å²) in [6.07, 6.45) is 6.81. The summed E-state index contributed by atoms with van der Waals surface area (Å²) in [7, 11) is 0. The monoisotopic (exact) mass is 351 g/mol. The second-order valence-corrected chi connectivity index (χ2v) is 6.75. The average Bonchev–Trinajstić information content (AvgIpc) is 3.10. The van der Waals surface area contributed by atoms with E-state index in [2.05, 4.69) is 5.32 Å². The Morgan fingerprint density at radius 3 is 2.12 bits per heavy atom. The van der Waals surface area contributed by atoms with Crippen molar-refractivity contribution >= 4 is 29.9 Å². The first-order chi connectivity index (χ1) is 11.1. The number of hydrogen-bond donors (Lipinski definition) is 2. The average molecular weight is 352 g/mol. The van der Waals surface area contributed by atoms with E-state index in [0.717, 1.165) is 58.0 Å². The molecular formula is C18H26ClN3O2. The molecule has 0 spiro atoms. The molecule has 132 valence electrons. The number of nitrogens with two attached hydrogens (primary N) is 1. The maximum Gasteiger partial charge on any atom is 0.253 e. The molecule has 5 nitrogen and oxygen atoms in total. The largest absolute Gasteiger partial charge is 0.339 e. The van der Waals surface area contributed by atoms with Crippen molar-refractivity contribution in [3.8, 4) is 0 Å². The normalized spacial score (nSPS) is 19.5. The van der Waals surface area contributed by atoms with Crippen molar-refractivity contribution < 1.29 is 9.59 Å². The molecule has 0 aromatic heterocycles. The van der Waals surface area contributed by atoms with Crippen LogP contribution in [0.1, 0.15) is 55.3 Å². The summed E-state index contributed by atoms with van der Waals surface area (Å²) in [5.74, 6) is -0.0428. The molecule has 1 saturated heterocycles. The molecule has 2 fully saturated rings. The summed E-state index contributed by atoms with van der Waals surface area (Å²) < 4.78 is 0. The van der Waals surface area contributed by atoms with Crippen LogP contribution in [0.25, 0.3) is 0 Å². The van der Waals surface area contributed by atoms with Gasteiger partial charge in [0, 0.05) is 24.3 Å². The third-order valence-corrected chi connectivity index (χ3v) is 4.98. The minimum atomic E-state index is -0.748. The van der Waals surface area contributed by atoms with Crippen molar-refractivity contribution in [2.24, 2.45) is 5.73 Å². The van der Waals surface area contributed by atoms with Crippen LogP contribution < -0.4 is 11.1 Å². The second kappa shape index (κ2) is 7.99. The molecule has 2 amide bonds. The highest BCUT2D eigenvalue weighted by atomic mass is 35.5. The number of nitrogens with one attached hydrogen (secondary N) is 1. The molecule has 1 aromatic rings. The van der Waals surface area contributed by atoms with E-state index in [4.69, 9.17) is 5.73 Å². The fourth-order valence-corrected chi connectivity index (χ4v) is 3.46. The molecule has 0 radical (unpaired) electrons. The lowest BCUT2D eigenvalue weighted by molar-refractivity contribution is -0.122. The van der Waals surface area contributed by atoms with Crippen molar-refractivity contribution in [3.05, 3.63) is 29.8 Å². The van der Waals surface area contributed by atoms with Gasteiger partial charge in [0.2, 0.25) is 5.91 Å². The first-order valence-corrected chi connectivity index (χ1v) is 8.58. The van der Waals surface area contributed by atoms with Gasteiger partial charge in [0.1, 0.15) is 0 Å². The van der Waals surface area contributed by atoms with E-state index in [1.54, 1.807) is 24.3 Å². The predicted octanol–water partition coefficient (Wildman–Crippen LogP) is 2.94. The minimum absolute atomic E-state index is 0. The van der Waals surface area contributed by atoms with Gasteiger partial charge in [-0.25, -0.2) is 0 Å². The molecule has 3 rings (SSSR count). The van der Waals surface area contributed by atoms with Gasteiger partial charge in [-0.05, 0) is 49.9 Å². The zero-order valence-corrected chi connectivity index (χ0v) is 14.7. The number of halogens is 1. The first kappa shape index (κ1) is 18.7. The lowest BCUT2D eigenvalue weighted by atomic mass is 9.82. The van der Waals surface area contributed by atoms with Crippen LogP contribution in [0.3, 0.4) is 0 Å². The number of carbonyl (C=O) groups excluding carboxylic acids is 2. The standard InChI is InChI=1S/C18H25N3O2.ClH/c19-18(10-2-1-3-11-18)17(23)20-15-8-6-14(7-9-15)16(22)21-12-4-5-13-21;/h6-9H,1-5,10-13,19H2,(H,20,23);1H. The lowest BCUT2D eigenvalue weighted by Gasteiger charge is -2.31. The molecule has 2 aliphatic rings. The van der Waals surface area contributed by atoms with Crippen molar-refractivity contribution in [2.45, 2.75) is 50.5 Å². The molecule has 1 aliphatic carbocycles. The summed E-state index contributed by atoms with van der Waals surface area (Å²) in [4.78, 5) is 26.6. The minimum Gasteiger partial charge on any atom is -0.339 e. The smallest absolute Gasteiger partial charge is 0.253 e. The summed E-state index contributed by atoms with van der Waals surface area (Å²) >= 11 is 0. The van der Waals surface area contributed by atoms with Crippen molar-refractivity contribution in [1.29, 1.82) is 0 Å². The second-order valence-electron chi connectivity index (χ2n) is 6.75. The van der Waals surface area contributed by atoms with Crippen LogP contribution in [-0.4, -0.2) is 35.3 Å². The quantitative estimate of drug-likeness (QED) is 0.879. The molecule has 1 aliphatic heterocycles. The highest BCUT2D eigenvalue weighted by Crippen LogP contribution is 2.27. The van der Waals surface area contributed by atoms with Crippen molar-refractivity contribution in [1.82, 2.24) is 4.90 Å². The van der Waals surface area contributed by atoms with Gasteiger partial charge in [0.25, 0.3) is 5.91 Å². The lowest BCUT2D eigenvalue weighted by Crippen LogP contribution is -2.52. The Kier molecular flexibility index (Phi) is 6.24. The zero-order valence-electron chi connectivity index (χ0n) is 13.9. The van der Waals surface area contributed by atoms with Crippen LogP contribution in [-0.2, 0) is 4.79 Å². The van der Waals surface area contributed by atoms with E-state index >= 15 is 0 Å². The number of rotatable bonds is 3. The van der Waals surface area contributed by atoms with Crippen LogP contribution >= 0.6 is 12.4 Å². The van der Waals surface area contributed by atoms with Crippen molar-refractivity contribution in [2.75, 3.05) is 18.4 Å². The highest BCUT2D eigenvalue weighted by molar-refractivity contribution is 5.99. The van der Waals surface area contributed by atoms with Crippen LogP contribution in [0.15, 0.2) is 24.3 Å². The molecule has 24 heavy (non-hydrogen) atoms. The number of nitrogens with zero attached hydrogens (tertiary/aromatic N) is 1. The number of likely N-dealkylation sites (tertiary alicyclic amines) is 1. The Balaban J connectivity index is 0.00000208. The maximum atomic E-state index is 12.4. The first-order valence-electron chi connectivity index (χ1n) is 8.58. The van der Waals surface area contributed by atoms with Gasteiger partial charge in [0.15, 0.2) is 0 Å². The van der Waals surface area contributed by atoms with Crippen LogP contribution in [0.2, 0.25) is 0 Å². The van der Waals surface area contributed by atoms with Gasteiger partial charge in [-0.1, -0.05) is 19.3 Å². The van der Waals surface area contributed by atoms with E-state index in [-0.39, 0.29) is 24.2 Å². The molecular weight excluding hydrogens is 326 g/mol. The van der Waals surface area contributed by atoms with E-state index in [1.165, 1.54) is 0 Å². The number of hydrogen-bond acceptors (Lipinski definition) is 3. The molecule has 3 N–H and O–H groups in total. The molecule has 1 aromatic carbocycles. The van der Waals surface area contributed by atoms with E-state index in [1.807, 2.05) is 4.90 Å². The van der Waals surface area contributed by atoms with Gasteiger partial charge in [-0.3, -0.25) is 9.59 Å².